The standard InChI is InChI=1S/C16H27N3O3S/c1-10(2)14-9-17-16(19(14)13-7-8-13)23(21,22)12(5)15(20)18(6)11(3)4/h9-13H,7-8H2,1-6H3/t12-/m0/s1. The van der Waals surface area contributed by atoms with Crippen molar-refractivity contribution in [2.24, 2.45) is 0 Å². The molecule has 0 spiro atoms. The smallest absolute Gasteiger partial charge is 0.241 e. The summed E-state index contributed by atoms with van der Waals surface area (Å²) in [5.41, 5.74) is 0.919. The maximum atomic E-state index is 13.0. The molecule has 1 saturated carbocycles. The molecule has 1 aromatic heterocycles. The van der Waals surface area contributed by atoms with Crippen molar-refractivity contribution in [1.82, 2.24) is 14.5 Å². The first-order chi connectivity index (χ1) is 10.6. The van der Waals surface area contributed by atoms with E-state index in [1.54, 1.807) is 13.2 Å². The minimum absolute atomic E-state index is 0.0432. The van der Waals surface area contributed by atoms with Crippen molar-refractivity contribution in [2.75, 3.05) is 7.05 Å². The van der Waals surface area contributed by atoms with E-state index in [1.165, 1.54) is 11.8 Å². The Morgan fingerprint density at radius 2 is 1.83 bits per heavy atom. The molecule has 0 N–H and O–H groups in total. The monoisotopic (exact) mass is 341 g/mol. The van der Waals surface area contributed by atoms with Crippen LogP contribution < -0.4 is 0 Å². The van der Waals surface area contributed by atoms with E-state index >= 15 is 0 Å². The maximum Gasteiger partial charge on any atom is 0.241 e. The third-order valence-electron chi connectivity index (χ3n) is 4.48. The van der Waals surface area contributed by atoms with E-state index in [1.807, 2.05) is 32.3 Å². The molecule has 0 aromatic carbocycles. The number of imidazole rings is 1. The number of carbonyl (C=O) groups is 1. The van der Waals surface area contributed by atoms with E-state index in [0.29, 0.717) is 0 Å². The van der Waals surface area contributed by atoms with E-state index < -0.39 is 21.0 Å². The molecule has 7 heteroatoms. The normalized spacial score (nSPS) is 16.9. The van der Waals surface area contributed by atoms with Crippen molar-refractivity contribution in [3.05, 3.63) is 11.9 Å². The maximum absolute atomic E-state index is 13.0. The lowest BCUT2D eigenvalue weighted by molar-refractivity contribution is -0.130. The van der Waals surface area contributed by atoms with Crippen molar-refractivity contribution in [1.29, 1.82) is 0 Å². The summed E-state index contributed by atoms with van der Waals surface area (Å²) >= 11 is 0. The highest BCUT2D eigenvalue weighted by Crippen LogP contribution is 2.40. The lowest BCUT2D eigenvalue weighted by Crippen LogP contribution is -2.43. The Labute approximate surface area is 138 Å². The van der Waals surface area contributed by atoms with Gasteiger partial charge < -0.3 is 9.47 Å². The Morgan fingerprint density at radius 1 is 1.26 bits per heavy atom. The largest absolute Gasteiger partial charge is 0.342 e. The van der Waals surface area contributed by atoms with Crippen LogP contribution in [0.4, 0.5) is 0 Å². The average molecular weight is 341 g/mol. The van der Waals surface area contributed by atoms with Gasteiger partial charge in [0.05, 0.1) is 0 Å². The van der Waals surface area contributed by atoms with Crippen molar-refractivity contribution in [3.8, 4) is 0 Å². The number of amides is 1. The highest BCUT2D eigenvalue weighted by atomic mass is 32.2. The average Bonchev–Trinajstić information content (AvgIpc) is 3.21. The fraction of sp³-hybridized carbons (Fsp3) is 0.750. The summed E-state index contributed by atoms with van der Waals surface area (Å²) in [5, 5.41) is -1.09. The third-order valence-corrected chi connectivity index (χ3v) is 6.43. The van der Waals surface area contributed by atoms with Crippen LogP contribution in [0.15, 0.2) is 11.4 Å². The topological polar surface area (TPSA) is 72.3 Å². The molecule has 130 valence electrons. The van der Waals surface area contributed by atoms with Gasteiger partial charge in [0.15, 0.2) is 0 Å². The van der Waals surface area contributed by atoms with Crippen LogP contribution in [0.2, 0.25) is 0 Å². The van der Waals surface area contributed by atoms with Gasteiger partial charge in [-0.05, 0) is 39.5 Å². The second-order valence-corrected chi connectivity index (χ2v) is 9.11. The molecule has 1 heterocycles. The number of hydrogen-bond acceptors (Lipinski definition) is 4. The molecule has 1 aliphatic rings. The predicted molar refractivity (Wildman–Crippen MR) is 89.1 cm³/mol. The Bertz CT molecular complexity index is 687. The quantitative estimate of drug-likeness (QED) is 0.796. The molecule has 0 saturated heterocycles. The molecule has 1 aromatic rings. The molecular formula is C16H27N3O3S. The summed E-state index contributed by atoms with van der Waals surface area (Å²) in [6.07, 6.45) is 3.57. The fourth-order valence-electron chi connectivity index (χ4n) is 2.53. The van der Waals surface area contributed by atoms with Gasteiger partial charge in [-0.25, -0.2) is 13.4 Å². The molecule has 6 nitrogen and oxygen atoms in total. The number of sulfone groups is 1. The van der Waals surface area contributed by atoms with Gasteiger partial charge in [0.25, 0.3) is 0 Å². The van der Waals surface area contributed by atoms with Crippen LogP contribution in [0.3, 0.4) is 0 Å². The Kier molecular flexibility index (Phi) is 4.89. The summed E-state index contributed by atoms with van der Waals surface area (Å²) in [7, 11) is -2.17. The van der Waals surface area contributed by atoms with Crippen LogP contribution in [0, 0.1) is 0 Å². The summed E-state index contributed by atoms with van der Waals surface area (Å²) in [6.45, 7) is 9.22. The number of rotatable bonds is 6. The van der Waals surface area contributed by atoms with Crippen LogP contribution in [0.25, 0.3) is 0 Å². The van der Waals surface area contributed by atoms with Crippen LogP contribution in [-0.2, 0) is 14.6 Å². The summed E-state index contributed by atoms with van der Waals surface area (Å²) in [5.74, 6) is -0.201. The molecule has 0 radical (unpaired) electrons. The minimum atomic E-state index is -3.80. The molecule has 2 rings (SSSR count). The number of nitrogens with zero attached hydrogens (tertiary/aromatic N) is 3. The lowest BCUT2D eigenvalue weighted by Gasteiger charge is -2.25. The minimum Gasteiger partial charge on any atom is -0.342 e. The predicted octanol–water partition coefficient (Wildman–Crippen LogP) is 2.37. The van der Waals surface area contributed by atoms with Crippen molar-refractivity contribution < 1.29 is 13.2 Å². The van der Waals surface area contributed by atoms with E-state index in [0.717, 1.165) is 18.5 Å². The molecule has 1 amide bonds. The summed E-state index contributed by atoms with van der Waals surface area (Å²) in [4.78, 5) is 18.1. The second kappa shape index (κ2) is 6.26. The van der Waals surface area contributed by atoms with Gasteiger partial charge in [-0.2, -0.15) is 0 Å². The SMILES string of the molecule is CC(C)c1cnc(S(=O)(=O)[C@@H](C)C(=O)N(C)C(C)C)n1C1CC1. The zero-order valence-electron chi connectivity index (χ0n) is 14.8. The highest BCUT2D eigenvalue weighted by molar-refractivity contribution is 7.92. The molecule has 1 atom stereocenters. The first-order valence-electron chi connectivity index (χ1n) is 8.16. The first-order valence-corrected chi connectivity index (χ1v) is 9.71. The zero-order valence-corrected chi connectivity index (χ0v) is 15.6. The Morgan fingerprint density at radius 3 is 2.26 bits per heavy atom. The first kappa shape index (κ1) is 18.0. The van der Waals surface area contributed by atoms with E-state index in [9.17, 15) is 13.2 Å². The van der Waals surface area contributed by atoms with Crippen molar-refractivity contribution >= 4 is 15.7 Å². The van der Waals surface area contributed by atoms with Crippen LogP contribution >= 0.6 is 0 Å². The lowest BCUT2D eigenvalue weighted by atomic mass is 10.1. The molecule has 0 aliphatic heterocycles. The van der Waals surface area contributed by atoms with Gasteiger partial charge in [0.2, 0.25) is 20.9 Å². The molecular weight excluding hydrogens is 314 g/mol. The van der Waals surface area contributed by atoms with Crippen LogP contribution in [0.1, 0.15) is 65.1 Å². The molecule has 23 heavy (non-hydrogen) atoms. The van der Waals surface area contributed by atoms with Crippen molar-refractivity contribution in [3.63, 3.8) is 0 Å². The number of aromatic nitrogens is 2. The highest BCUT2D eigenvalue weighted by Gasteiger charge is 2.39. The Balaban J connectivity index is 2.42. The molecule has 1 fully saturated rings. The molecule has 0 unspecified atom stereocenters. The fourth-order valence-corrected chi connectivity index (χ4v) is 4.00. The molecule has 0 bridgehead atoms. The van der Waals surface area contributed by atoms with Crippen LogP contribution in [0.5, 0.6) is 0 Å². The van der Waals surface area contributed by atoms with Crippen molar-refractivity contribution in [2.45, 2.75) is 75.9 Å². The van der Waals surface area contributed by atoms with Gasteiger partial charge >= 0.3 is 0 Å². The van der Waals surface area contributed by atoms with Gasteiger partial charge in [-0.1, -0.05) is 13.8 Å². The number of carbonyl (C=O) groups excluding carboxylic acids is 1. The third kappa shape index (κ3) is 3.29. The molecule has 1 aliphatic carbocycles. The van der Waals surface area contributed by atoms with Crippen LogP contribution in [-0.4, -0.2) is 47.1 Å². The Hall–Kier alpha value is -1.37. The van der Waals surface area contributed by atoms with E-state index in [-0.39, 0.29) is 23.2 Å². The van der Waals surface area contributed by atoms with E-state index in [2.05, 4.69) is 4.98 Å². The number of hydrogen-bond donors (Lipinski definition) is 0. The van der Waals surface area contributed by atoms with E-state index in [4.69, 9.17) is 0 Å². The van der Waals surface area contributed by atoms with Gasteiger partial charge in [-0.3, -0.25) is 4.79 Å². The van der Waals surface area contributed by atoms with Gasteiger partial charge in [0, 0.05) is 31.0 Å². The zero-order chi connectivity index (χ0) is 17.5. The second-order valence-electron chi connectivity index (χ2n) is 6.95. The summed E-state index contributed by atoms with van der Waals surface area (Å²) in [6, 6.07) is 0.152. The van der Waals surface area contributed by atoms with Gasteiger partial charge in [0.1, 0.15) is 5.25 Å². The van der Waals surface area contributed by atoms with Gasteiger partial charge in [-0.15, -0.1) is 0 Å². The summed E-state index contributed by atoms with van der Waals surface area (Å²) < 4.78 is 27.8.